The first-order valence-corrected chi connectivity index (χ1v) is 4.60. The van der Waals surface area contributed by atoms with Gasteiger partial charge in [0.1, 0.15) is 12.7 Å². The highest BCUT2D eigenvalue weighted by atomic mass is 16.7. The number of carboxylic acids is 1. The summed E-state index contributed by atoms with van der Waals surface area (Å²) in [4.78, 5) is 11.0. The lowest BCUT2D eigenvalue weighted by atomic mass is 10.0. The Balaban J connectivity index is 2.62. The number of ether oxygens (including phenoxy) is 2. The van der Waals surface area contributed by atoms with Crippen LogP contribution in [0.1, 0.15) is 11.5 Å². The van der Waals surface area contributed by atoms with Gasteiger partial charge in [0.05, 0.1) is 6.61 Å². The average Bonchev–Trinajstić information content (AvgIpc) is 2.25. The molecule has 15 heavy (non-hydrogen) atoms. The van der Waals surface area contributed by atoms with E-state index in [1.54, 1.807) is 12.1 Å². The molecule has 1 aromatic rings. The third-order valence-corrected chi connectivity index (χ3v) is 1.99. The molecule has 0 bridgehead atoms. The second-order valence-corrected chi connectivity index (χ2v) is 3.08. The summed E-state index contributed by atoms with van der Waals surface area (Å²) in [7, 11) is 1.50. The van der Waals surface area contributed by atoms with Crippen LogP contribution in [0.15, 0.2) is 30.3 Å². The number of carboxylic acid groups (broad SMARTS) is 1. The normalized spacial score (nSPS) is 12.3. The SMILES string of the molecule is COCOC[C@H](C(=O)O)c1ccccc1. The number of rotatable bonds is 6. The molecule has 0 unspecified atom stereocenters. The fraction of sp³-hybridized carbons (Fsp3) is 0.364. The minimum atomic E-state index is -0.891. The van der Waals surface area contributed by atoms with Crippen LogP contribution < -0.4 is 0 Å². The largest absolute Gasteiger partial charge is 0.481 e. The van der Waals surface area contributed by atoms with Crippen molar-refractivity contribution in [3.8, 4) is 0 Å². The van der Waals surface area contributed by atoms with Crippen LogP contribution in [0, 0.1) is 0 Å². The van der Waals surface area contributed by atoms with Crippen molar-refractivity contribution in [2.45, 2.75) is 5.92 Å². The lowest BCUT2D eigenvalue weighted by Gasteiger charge is -2.12. The van der Waals surface area contributed by atoms with Crippen molar-refractivity contribution in [1.82, 2.24) is 0 Å². The second kappa shape index (κ2) is 6.16. The van der Waals surface area contributed by atoms with Crippen LogP contribution in [-0.2, 0) is 14.3 Å². The van der Waals surface area contributed by atoms with E-state index in [1.165, 1.54) is 7.11 Å². The molecule has 4 nitrogen and oxygen atoms in total. The lowest BCUT2D eigenvalue weighted by Crippen LogP contribution is -2.18. The van der Waals surface area contributed by atoms with E-state index < -0.39 is 11.9 Å². The highest BCUT2D eigenvalue weighted by Gasteiger charge is 2.19. The van der Waals surface area contributed by atoms with Gasteiger partial charge >= 0.3 is 5.97 Å². The third kappa shape index (κ3) is 3.69. The first kappa shape index (κ1) is 11.7. The van der Waals surface area contributed by atoms with E-state index in [-0.39, 0.29) is 13.4 Å². The Bertz CT molecular complexity index is 297. The van der Waals surface area contributed by atoms with Gasteiger partial charge in [-0.3, -0.25) is 4.79 Å². The number of methoxy groups -OCH3 is 1. The summed E-state index contributed by atoms with van der Waals surface area (Å²) >= 11 is 0. The van der Waals surface area contributed by atoms with Gasteiger partial charge in [-0.2, -0.15) is 0 Å². The minimum absolute atomic E-state index is 0.108. The van der Waals surface area contributed by atoms with Crippen molar-refractivity contribution in [2.75, 3.05) is 20.5 Å². The Morgan fingerprint density at radius 2 is 2.07 bits per heavy atom. The fourth-order valence-corrected chi connectivity index (χ4v) is 1.24. The van der Waals surface area contributed by atoms with Gasteiger partial charge < -0.3 is 14.6 Å². The van der Waals surface area contributed by atoms with Crippen LogP contribution in [0.3, 0.4) is 0 Å². The highest BCUT2D eigenvalue weighted by molar-refractivity contribution is 5.76. The van der Waals surface area contributed by atoms with Crippen molar-refractivity contribution in [1.29, 1.82) is 0 Å². The topological polar surface area (TPSA) is 55.8 Å². The molecule has 0 aliphatic carbocycles. The summed E-state index contributed by atoms with van der Waals surface area (Å²) in [5.41, 5.74) is 0.737. The molecular formula is C11H14O4. The molecule has 0 heterocycles. The molecule has 0 fully saturated rings. The zero-order valence-corrected chi connectivity index (χ0v) is 8.55. The summed E-state index contributed by atoms with van der Waals surface area (Å²) in [6, 6.07) is 9.01. The Morgan fingerprint density at radius 1 is 1.40 bits per heavy atom. The monoisotopic (exact) mass is 210 g/mol. The molecule has 0 saturated carbocycles. The van der Waals surface area contributed by atoms with E-state index in [1.807, 2.05) is 18.2 Å². The van der Waals surface area contributed by atoms with Gasteiger partial charge in [-0.25, -0.2) is 0 Å². The smallest absolute Gasteiger partial charge is 0.313 e. The van der Waals surface area contributed by atoms with Gasteiger partial charge in [0.2, 0.25) is 0 Å². The summed E-state index contributed by atoms with van der Waals surface area (Å²) in [6.45, 7) is 0.226. The molecular weight excluding hydrogens is 196 g/mol. The molecule has 0 spiro atoms. The molecule has 1 N–H and O–H groups in total. The van der Waals surface area contributed by atoms with Gasteiger partial charge in [-0.1, -0.05) is 30.3 Å². The molecule has 0 amide bonds. The standard InChI is InChI=1S/C11H14O4/c1-14-8-15-7-10(11(12)13)9-5-3-2-4-6-9/h2-6,10H,7-8H2,1H3,(H,12,13)/t10-/m0/s1. The molecule has 0 aliphatic heterocycles. The molecule has 4 heteroatoms. The molecule has 1 atom stereocenters. The maximum absolute atomic E-state index is 11.0. The van der Waals surface area contributed by atoms with Gasteiger partial charge in [-0.05, 0) is 5.56 Å². The first-order valence-electron chi connectivity index (χ1n) is 4.60. The van der Waals surface area contributed by atoms with Crippen molar-refractivity contribution in [3.05, 3.63) is 35.9 Å². The van der Waals surface area contributed by atoms with Gasteiger partial charge in [0.15, 0.2) is 0 Å². The van der Waals surface area contributed by atoms with Crippen molar-refractivity contribution in [2.24, 2.45) is 0 Å². The maximum Gasteiger partial charge on any atom is 0.313 e. The Kier molecular flexibility index (Phi) is 4.80. The number of hydrogen-bond acceptors (Lipinski definition) is 3. The minimum Gasteiger partial charge on any atom is -0.481 e. The molecule has 0 aliphatic rings. The summed E-state index contributed by atoms with van der Waals surface area (Å²) in [6.07, 6.45) is 0. The predicted octanol–water partition coefficient (Wildman–Crippen LogP) is 1.48. The molecule has 0 aromatic heterocycles. The summed E-state index contributed by atoms with van der Waals surface area (Å²) in [5.74, 6) is -1.53. The van der Waals surface area contributed by atoms with Crippen LogP contribution in [0.4, 0.5) is 0 Å². The lowest BCUT2D eigenvalue weighted by molar-refractivity contribution is -0.141. The molecule has 0 radical (unpaired) electrons. The molecule has 82 valence electrons. The zero-order chi connectivity index (χ0) is 11.1. The second-order valence-electron chi connectivity index (χ2n) is 3.08. The first-order chi connectivity index (χ1) is 7.25. The Morgan fingerprint density at radius 3 is 2.60 bits per heavy atom. The third-order valence-electron chi connectivity index (χ3n) is 1.99. The summed E-state index contributed by atoms with van der Waals surface area (Å²) < 4.78 is 9.75. The van der Waals surface area contributed by atoms with Gasteiger partial charge in [0.25, 0.3) is 0 Å². The van der Waals surface area contributed by atoms with E-state index >= 15 is 0 Å². The van der Waals surface area contributed by atoms with Crippen molar-refractivity contribution in [3.63, 3.8) is 0 Å². The van der Waals surface area contributed by atoms with E-state index in [0.29, 0.717) is 0 Å². The quantitative estimate of drug-likeness (QED) is 0.570. The summed E-state index contributed by atoms with van der Waals surface area (Å²) in [5, 5.41) is 9.01. The maximum atomic E-state index is 11.0. The number of hydrogen-bond donors (Lipinski definition) is 1. The Labute approximate surface area is 88.4 Å². The van der Waals surface area contributed by atoms with E-state index in [4.69, 9.17) is 14.6 Å². The van der Waals surface area contributed by atoms with Crippen LogP contribution in [-0.4, -0.2) is 31.6 Å². The molecule has 1 rings (SSSR count). The van der Waals surface area contributed by atoms with Crippen LogP contribution >= 0.6 is 0 Å². The van der Waals surface area contributed by atoms with Gasteiger partial charge in [-0.15, -0.1) is 0 Å². The predicted molar refractivity (Wildman–Crippen MR) is 54.6 cm³/mol. The zero-order valence-electron chi connectivity index (χ0n) is 8.55. The molecule has 0 saturated heterocycles. The van der Waals surface area contributed by atoms with Gasteiger partial charge in [0, 0.05) is 7.11 Å². The highest BCUT2D eigenvalue weighted by Crippen LogP contribution is 2.15. The fourth-order valence-electron chi connectivity index (χ4n) is 1.24. The van der Waals surface area contributed by atoms with Crippen LogP contribution in [0.2, 0.25) is 0 Å². The number of aliphatic carboxylic acids is 1. The van der Waals surface area contributed by atoms with Crippen LogP contribution in [0.25, 0.3) is 0 Å². The Hall–Kier alpha value is -1.39. The van der Waals surface area contributed by atoms with E-state index in [0.717, 1.165) is 5.56 Å². The number of benzene rings is 1. The van der Waals surface area contributed by atoms with Crippen LogP contribution in [0.5, 0.6) is 0 Å². The van der Waals surface area contributed by atoms with Crippen molar-refractivity contribution < 1.29 is 19.4 Å². The average molecular weight is 210 g/mol. The van der Waals surface area contributed by atoms with Crippen molar-refractivity contribution >= 4 is 5.97 Å². The molecule has 1 aromatic carbocycles. The van der Waals surface area contributed by atoms with E-state index in [9.17, 15) is 4.79 Å². The van der Waals surface area contributed by atoms with E-state index in [2.05, 4.69) is 0 Å². The number of carbonyl (C=O) groups is 1.